The van der Waals surface area contributed by atoms with Crippen molar-refractivity contribution in [1.29, 1.82) is 0 Å². The molecule has 1 aliphatic heterocycles. The van der Waals surface area contributed by atoms with Crippen molar-refractivity contribution in [3.8, 4) is 28.3 Å². The van der Waals surface area contributed by atoms with Crippen LogP contribution in [0.5, 0.6) is 0 Å². The fourth-order valence-electron chi connectivity index (χ4n) is 8.13. The first-order valence-corrected chi connectivity index (χ1v) is 16.3. The SMILES string of the molecule is CC1(C)c2cc(-c3nc(-c4cccc5c4oc4ccccc45)c4ccccc4n3)ccc2-n2c3oc4ccccc4c3c3cccc1c32. The van der Waals surface area contributed by atoms with E-state index in [1.54, 1.807) is 0 Å². The van der Waals surface area contributed by atoms with Crippen LogP contribution in [0, 0.1) is 0 Å². The monoisotopic (exact) mass is 617 g/mol. The fourth-order valence-corrected chi connectivity index (χ4v) is 8.13. The predicted molar refractivity (Wildman–Crippen MR) is 194 cm³/mol. The number of furan rings is 2. The Balaban J connectivity index is 1.17. The van der Waals surface area contributed by atoms with Gasteiger partial charge in [0.05, 0.1) is 27.8 Å². The van der Waals surface area contributed by atoms with Crippen molar-refractivity contribution in [2.75, 3.05) is 0 Å². The van der Waals surface area contributed by atoms with E-state index in [1.165, 1.54) is 22.0 Å². The molecule has 4 aromatic heterocycles. The summed E-state index contributed by atoms with van der Waals surface area (Å²) < 4.78 is 15.4. The zero-order valence-electron chi connectivity index (χ0n) is 26.3. The number of aromatic nitrogens is 3. The highest BCUT2D eigenvalue weighted by Gasteiger charge is 2.37. The molecule has 5 heteroatoms. The van der Waals surface area contributed by atoms with Crippen LogP contribution in [0.15, 0.2) is 136 Å². The van der Waals surface area contributed by atoms with Gasteiger partial charge >= 0.3 is 0 Å². The van der Waals surface area contributed by atoms with Gasteiger partial charge in [-0.2, -0.15) is 0 Å². The Morgan fingerprint density at radius 3 is 2.17 bits per heavy atom. The predicted octanol–water partition coefficient (Wildman–Crippen LogP) is 11.3. The summed E-state index contributed by atoms with van der Waals surface area (Å²) in [6.45, 7) is 4.63. The molecule has 226 valence electrons. The van der Waals surface area contributed by atoms with Crippen molar-refractivity contribution < 1.29 is 8.83 Å². The lowest BCUT2D eigenvalue weighted by Gasteiger charge is -2.34. The van der Waals surface area contributed by atoms with Gasteiger partial charge in [-0.05, 0) is 53.6 Å². The molecule has 11 rings (SSSR count). The summed E-state index contributed by atoms with van der Waals surface area (Å²) in [6, 6.07) is 44.4. The third kappa shape index (κ3) is 3.25. The molecular formula is C43H27N3O2. The van der Waals surface area contributed by atoms with E-state index in [9.17, 15) is 0 Å². The van der Waals surface area contributed by atoms with Crippen LogP contribution in [0.3, 0.4) is 0 Å². The smallest absolute Gasteiger partial charge is 0.213 e. The maximum Gasteiger partial charge on any atom is 0.213 e. The van der Waals surface area contributed by atoms with E-state index in [-0.39, 0.29) is 5.41 Å². The largest absolute Gasteiger partial charge is 0.455 e. The second-order valence-corrected chi connectivity index (χ2v) is 13.4. The van der Waals surface area contributed by atoms with Gasteiger partial charge in [0, 0.05) is 43.5 Å². The highest BCUT2D eigenvalue weighted by Crippen LogP contribution is 2.50. The molecule has 5 nitrogen and oxygen atoms in total. The number of rotatable bonds is 2. The molecule has 0 amide bonds. The topological polar surface area (TPSA) is 57.0 Å². The first-order chi connectivity index (χ1) is 23.6. The van der Waals surface area contributed by atoms with Gasteiger partial charge in [-0.3, -0.25) is 4.57 Å². The summed E-state index contributed by atoms with van der Waals surface area (Å²) in [6.07, 6.45) is 0. The summed E-state index contributed by atoms with van der Waals surface area (Å²) >= 11 is 0. The van der Waals surface area contributed by atoms with Gasteiger partial charge in [0.15, 0.2) is 5.82 Å². The van der Waals surface area contributed by atoms with Gasteiger partial charge in [0.25, 0.3) is 0 Å². The molecule has 0 fully saturated rings. The lowest BCUT2D eigenvalue weighted by Crippen LogP contribution is -2.26. The Labute approximate surface area is 274 Å². The van der Waals surface area contributed by atoms with Gasteiger partial charge in [0.1, 0.15) is 16.7 Å². The fraction of sp³-hybridized carbons (Fsp3) is 0.0698. The Hall–Kier alpha value is -6.20. The van der Waals surface area contributed by atoms with E-state index in [0.717, 1.165) is 77.4 Å². The average Bonchev–Trinajstić information content (AvgIpc) is 3.79. The van der Waals surface area contributed by atoms with Crippen LogP contribution >= 0.6 is 0 Å². The molecule has 48 heavy (non-hydrogen) atoms. The summed E-state index contributed by atoms with van der Waals surface area (Å²) in [7, 11) is 0. The van der Waals surface area contributed by atoms with Crippen molar-refractivity contribution in [3.63, 3.8) is 0 Å². The first kappa shape index (κ1) is 25.9. The molecular weight excluding hydrogens is 590 g/mol. The van der Waals surface area contributed by atoms with E-state index in [1.807, 2.05) is 30.3 Å². The minimum atomic E-state index is -0.272. The molecule has 1 aliphatic rings. The minimum absolute atomic E-state index is 0.272. The van der Waals surface area contributed by atoms with Crippen LogP contribution in [0.1, 0.15) is 25.0 Å². The van der Waals surface area contributed by atoms with Crippen LogP contribution in [0.2, 0.25) is 0 Å². The molecule has 0 saturated carbocycles. The second kappa shape index (κ2) is 8.99. The van der Waals surface area contributed by atoms with Gasteiger partial charge in [-0.15, -0.1) is 0 Å². The zero-order chi connectivity index (χ0) is 31.7. The molecule has 0 N–H and O–H groups in total. The van der Waals surface area contributed by atoms with Crippen LogP contribution < -0.4 is 0 Å². The number of nitrogens with zero attached hydrogens (tertiary/aromatic N) is 3. The van der Waals surface area contributed by atoms with E-state index < -0.39 is 0 Å². The maximum atomic E-state index is 6.59. The second-order valence-electron chi connectivity index (χ2n) is 13.4. The number of hydrogen-bond donors (Lipinski definition) is 0. The molecule has 0 bridgehead atoms. The van der Waals surface area contributed by atoms with Crippen LogP contribution in [0.4, 0.5) is 0 Å². The summed E-state index contributed by atoms with van der Waals surface area (Å²) in [5, 5.41) is 6.69. The Morgan fingerprint density at radius 2 is 1.29 bits per heavy atom. The maximum absolute atomic E-state index is 6.59. The molecule has 0 atom stereocenters. The number of benzene rings is 6. The highest BCUT2D eigenvalue weighted by atomic mass is 16.3. The lowest BCUT2D eigenvalue weighted by atomic mass is 9.74. The highest BCUT2D eigenvalue weighted by molar-refractivity contribution is 6.21. The van der Waals surface area contributed by atoms with Crippen LogP contribution in [-0.4, -0.2) is 14.5 Å². The number of para-hydroxylation sites is 5. The van der Waals surface area contributed by atoms with E-state index >= 15 is 0 Å². The van der Waals surface area contributed by atoms with Crippen LogP contribution in [0.25, 0.3) is 94.1 Å². The van der Waals surface area contributed by atoms with E-state index in [4.69, 9.17) is 18.8 Å². The third-order valence-electron chi connectivity index (χ3n) is 10.4. The summed E-state index contributed by atoms with van der Waals surface area (Å²) in [5.41, 5.74) is 11.7. The molecule has 0 radical (unpaired) electrons. The quantitative estimate of drug-likeness (QED) is 0.194. The molecule has 5 heterocycles. The number of fused-ring (bicyclic) bond motifs is 11. The molecule has 0 aliphatic carbocycles. The van der Waals surface area contributed by atoms with Crippen molar-refractivity contribution in [3.05, 3.63) is 139 Å². The Morgan fingerprint density at radius 1 is 0.583 bits per heavy atom. The Kier molecular flexibility index (Phi) is 4.86. The molecule has 0 spiro atoms. The zero-order valence-corrected chi connectivity index (χ0v) is 26.3. The first-order valence-electron chi connectivity index (χ1n) is 16.3. The van der Waals surface area contributed by atoms with Crippen LogP contribution in [-0.2, 0) is 5.41 Å². The van der Waals surface area contributed by atoms with Gasteiger partial charge in [-0.1, -0.05) is 98.8 Å². The van der Waals surface area contributed by atoms with Crippen molar-refractivity contribution >= 4 is 65.8 Å². The lowest BCUT2D eigenvalue weighted by molar-refractivity contribution is 0.612. The summed E-state index contributed by atoms with van der Waals surface area (Å²) in [5.74, 6) is 0.681. The Bertz CT molecular complexity index is 2990. The molecule has 6 aromatic carbocycles. The standard InChI is InChI=1S/C43H27N3O2/c1-43(2)31-17-10-15-29-37-28-13-5-8-20-36(28)48-42(37)46(39(29)31)34-22-21-24(23-32(34)43)41-44-33-18-6-3-12-27(33)38(45-41)30-16-9-14-26-25-11-4-7-19-35(25)47-40(26)30/h3-23H,1-2H3. The van der Waals surface area contributed by atoms with E-state index in [0.29, 0.717) is 5.82 Å². The number of hydrogen-bond acceptors (Lipinski definition) is 4. The molecule has 0 unspecified atom stereocenters. The minimum Gasteiger partial charge on any atom is -0.455 e. The van der Waals surface area contributed by atoms with Crippen molar-refractivity contribution in [2.45, 2.75) is 19.3 Å². The third-order valence-corrected chi connectivity index (χ3v) is 10.4. The molecule has 0 saturated heterocycles. The normalized spacial score (nSPS) is 13.8. The van der Waals surface area contributed by atoms with Crippen molar-refractivity contribution in [2.24, 2.45) is 0 Å². The van der Waals surface area contributed by atoms with Crippen molar-refractivity contribution in [1.82, 2.24) is 14.5 Å². The summed E-state index contributed by atoms with van der Waals surface area (Å²) in [4.78, 5) is 10.4. The van der Waals surface area contributed by atoms with E-state index in [2.05, 4.69) is 115 Å². The average molecular weight is 618 g/mol. The van der Waals surface area contributed by atoms with Gasteiger partial charge < -0.3 is 8.83 Å². The molecule has 10 aromatic rings. The van der Waals surface area contributed by atoms with Gasteiger partial charge in [0.2, 0.25) is 5.71 Å². The van der Waals surface area contributed by atoms with Gasteiger partial charge in [-0.25, -0.2) is 9.97 Å².